The monoisotopic (exact) mass is 393 g/mol. The third-order valence-corrected chi connectivity index (χ3v) is 4.77. The van der Waals surface area contributed by atoms with Crippen molar-refractivity contribution in [2.24, 2.45) is 0 Å². The van der Waals surface area contributed by atoms with Gasteiger partial charge in [-0.25, -0.2) is 9.50 Å². The molecular formula is C20H19N5O4. The molecule has 4 rings (SSSR count). The molecule has 0 spiro atoms. The van der Waals surface area contributed by atoms with Crippen LogP contribution < -0.4 is 5.32 Å². The van der Waals surface area contributed by atoms with Crippen molar-refractivity contribution in [2.75, 3.05) is 11.9 Å². The zero-order chi connectivity index (χ0) is 20.5. The number of non-ortho nitro benzene ring substituents is 1. The molecule has 3 N–H and O–H groups in total. The zero-order valence-electron chi connectivity index (χ0n) is 15.6. The lowest BCUT2D eigenvalue weighted by atomic mass is 10.0. The molecule has 2 unspecified atom stereocenters. The molecule has 148 valence electrons. The minimum Gasteiger partial charge on any atom is -0.394 e. The Balaban J connectivity index is 1.70. The van der Waals surface area contributed by atoms with Crippen molar-refractivity contribution < 1.29 is 15.1 Å². The average Bonchev–Trinajstić information content (AvgIpc) is 3.11. The second kappa shape index (κ2) is 7.46. The van der Waals surface area contributed by atoms with Gasteiger partial charge in [0.15, 0.2) is 5.65 Å². The van der Waals surface area contributed by atoms with E-state index >= 15 is 0 Å². The van der Waals surface area contributed by atoms with Crippen LogP contribution in [0.4, 0.5) is 11.5 Å². The first-order valence-electron chi connectivity index (χ1n) is 9.03. The predicted octanol–water partition coefficient (Wildman–Crippen LogP) is 2.61. The van der Waals surface area contributed by atoms with Crippen molar-refractivity contribution in [3.05, 3.63) is 76.0 Å². The van der Waals surface area contributed by atoms with E-state index in [1.165, 1.54) is 24.3 Å². The maximum atomic E-state index is 10.8. The zero-order valence-corrected chi connectivity index (χ0v) is 15.6. The van der Waals surface area contributed by atoms with Crippen LogP contribution in [0.2, 0.25) is 0 Å². The van der Waals surface area contributed by atoms with E-state index in [0.29, 0.717) is 17.0 Å². The molecule has 2 aromatic carbocycles. The highest BCUT2D eigenvalue weighted by molar-refractivity contribution is 5.91. The Bertz CT molecular complexity index is 1190. The van der Waals surface area contributed by atoms with Gasteiger partial charge in [0.25, 0.3) is 5.69 Å². The lowest BCUT2D eigenvalue weighted by Crippen LogP contribution is -2.31. The van der Waals surface area contributed by atoms with Crippen molar-refractivity contribution >= 4 is 28.1 Å². The molecule has 0 aliphatic heterocycles. The second-order valence-electron chi connectivity index (χ2n) is 6.76. The quantitative estimate of drug-likeness (QED) is 0.339. The number of anilines is 1. The third-order valence-electron chi connectivity index (χ3n) is 4.77. The molecule has 0 amide bonds. The summed E-state index contributed by atoms with van der Waals surface area (Å²) in [6, 6.07) is 14.2. The smallest absolute Gasteiger partial charge is 0.269 e. The summed E-state index contributed by atoms with van der Waals surface area (Å²) in [6.07, 6.45) is -1.09. The van der Waals surface area contributed by atoms with Crippen molar-refractivity contribution in [3.8, 4) is 0 Å². The van der Waals surface area contributed by atoms with Crippen LogP contribution in [-0.2, 0) is 0 Å². The molecular weight excluding hydrogens is 374 g/mol. The Morgan fingerprint density at radius 1 is 1.21 bits per heavy atom. The average molecular weight is 393 g/mol. The maximum absolute atomic E-state index is 10.8. The summed E-state index contributed by atoms with van der Waals surface area (Å²) in [4.78, 5) is 14.9. The van der Waals surface area contributed by atoms with Gasteiger partial charge in [-0.1, -0.05) is 12.1 Å². The fourth-order valence-corrected chi connectivity index (χ4v) is 3.31. The summed E-state index contributed by atoms with van der Waals surface area (Å²) in [5, 5.41) is 39.8. The van der Waals surface area contributed by atoms with Gasteiger partial charge in [0.05, 0.1) is 28.8 Å². The fourth-order valence-electron chi connectivity index (χ4n) is 3.31. The van der Waals surface area contributed by atoms with Gasteiger partial charge in [0, 0.05) is 23.6 Å². The summed E-state index contributed by atoms with van der Waals surface area (Å²) in [5.74, 6) is 0.507. The molecule has 0 bridgehead atoms. The van der Waals surface area contributed by atoms with Crippen LogP contribution in [0.5, 0.6) is 0 Å². The largest absolute Gasteiger partial charge is 0.394 e. The molecule has 2 aromatic heterocycles. The van der Waals surface area contributed by atoms with Crippen LogP contribution in [0.15, 0.2) is 54.6 Å². The lowest BCUT2D eigenvalue weighted by molar-refractivity contribution is -0.384. The van der Waals surface area contributed by atoms with E-state index in [0.717, 1.165) is 16.6 Å². The van der Waals surface area contributed by atoms with Gasteiger partial charge in [0.2, 0.25) is 0 Å². The first-order valence-corrected chi connectivity index (χ1v) is 9.03. The van der Waals surface area contributed by atoms with Gasteiger partial charge >= 0.3 is 0 Å². The number of rotatable bonds is 6. The molecule has 0 aliphatic rings. The van der Waals surface area contributed by atoms with E-state index in [9.17, 15) is 20.3 Å². The highest BCUT2D eigenvalue weighted by atomic mass is 16.6. The van der Waals surface area contributed by atoms with Crippen LogP contribution in [0.1, 0.15) is 17.4 Å². The number of nitro groups is 1. The number of hydrogen-bond acceptors (Lipinski definition) is 7. The molecule has 9 heteroatoms. The fraction of sp³-hybridized carbons (Fsp3) is 0.200. The molecule has 0 saturated heterocycles. The van der Waals surface area contributed by atoms with Crippen LogP contribution in [0.25, 0.3) is 16.6 Å². The summed E-state index contributed by atoms with van der Waals surface area (Å²) in [7, 11) is 0. The second-order valence-corrected chi connectivity index (χ2v) is 6.76. The van der Waals surface area contributed by atoms with E-state index in [-0.39, 0.29) is 12.3 Å². The number of hydrogen-bond donors (Lipinski definition) is 3. The predicted molar refractivity (Wildman–Crippen MR) is 108 cm³/mol. The van der Waals surface area contributed by atoms with Gasteiger partial charge in [-0.15, -0.1) is 0 Å². The summed E-state index contributed by atoms with van der Waals surface area (Å²) >= 11 is 0. The number of aromatic nitrogens is 3. The number of aliphatic hydroxyl groups excluding tert-OH is 2. The SMILES string of the molecule is Cc1cc2nc(NC(CO)C(O)c3ccc([N+](=O)[O-])cc3)c3ccccc3n2n1. The Morgan fingerprint density at radius 3 is 2.62 bits per heavy atom. The summed E-state index contributed by atoms with van der Waals surface area (Å²) in [5.41, 5.74) is 2.70. The van der Waals surface area contributed by atoms with E-state index in [1.807, 2.05) is 37.3 Å². The van der Waals surface area contributed by atoms with Crippen LogP contribution in [0, 0.1) is 17.0 Å². The molecule has 0 fully saturated rings. The highest BCUT2D eigenvalue weighted by Crippen LogP contribution is 2.27. The molecule has 4 aromatic rings. The standard InChI is InChI=1S/C20H19N5O4/c1-12-10-18-22-20(15-4-2-3-5-17(15)24(18)23-12)21-16(11-26)19(27)13-6-8-14(9-7-13)25(28)29/h2-10,16,19,26-27H,11H2,1H3,(H,21,22). The molecule has 2 heterocycles. The van der Waals surface area contributed by atoms with Gasteiger partial charge in [-0.2, -0.15) is 5.10 Å². The van der Waals surface area contributed by atoms with Gasteiger partial charge in [-0.05, 0) is 36.8 Å². The first-order chi connectivity index (χ1) is 14.0. The van der Waals surface area contributed by atoms with Crippen molar-refractivity contribution in [1.29, 1.82) is 0 Å². The molecule has 9 nitrogen and oxygen atoms in total. The highest BCUT2D eigenvalue weighted by Gasteiger charge is 2.23. The molecule has 0 aliphatic carbocycles. The maximum Gasteiger partial charge on any atom is 0.269 e. The Hall–Kier alpha value is -3.56. The number of nitrogens with zero attached hydrogens (tertiary/aromatic N) is 4. The van der Waals surface area contributed by atoms with Gasteiger partial charge in [-0.3, -0.25) is 10.1 Å². The van der Waals surface area contributed by atoms with E-state index in [2.05, 4.69) is 15.4 Å². The molecule has 0 saturated carbocycles. The summed E-state index contributed by atoms with van der Waals surface area (Å²) < 4.78 is 1.75. The van der Waals surface area contributed by atoms with Crippen LogP contribution >= 0.6 is 0 Å². The topological polar surface area (TPSA) is 126 Å². The van der Waals surface area contributed by atoms with Crippen LogP contribution in [0.3, 0.4) is 0 Å². The number of benzene rings is 2. The molecule has 0 radical (unpaired) electrons. The van der Waals surface area contributed by atoms with E-state index in [1.54, 1.807) is 4.52 Å². The van der Waals surface area contributed by atoms with Crippen molar-refractivity contribution in [2.45, 2.75) is 19.1 Å². The normalized spacial score (nSPS) is 13.5. The van der Waals surface area contributed by atoms with Gasteiger partial charge < -0.3 is 15.5 Å². The Kier molecular flexibility index (Phi) is 4.83. The van der Waals surface area contributed by atoms with E-state index in [4.69, 9.17) is 0 Å². The number of nitrogens with one attached hydrogen (secondary N) is 1. The minimum atomic E-state index is -1.09. The third kappa shape index (κ3) is 3.48. The number of fused-ring (bicyclic) bond motifs is 3. The molecule has 29 heavy (non-hydrogen) atoms. The van der Waals surface area contributed by atoms with Crippen molar-refractivity contribution in [1.82, 2.24) is 14.6 Å². The van der Waals surface area contributed by atoms with Crippen LogP contribution in [-0.4, -0.2) is 42.4 Å². The first kappa shape index (κ1) is 18.8. The number of para-hydroxylation sites is 1. The lowest BCUT2D eigenvalue weighted by Gasteiger charge is -2.24. The minimum absolute atomic E-state index is 0.0660. The van der Waals surface area contributed by atoms with E-state index < -0.39 is 17.1 Å². The Labute approximate surface area is 165 Å². The number of nitro benzene ring substituents is 1. The van der Waals surface area contributed by atoms with Crippen molar-refractivity contribution in [3.63, 3.8) is 0 Å². The number of aliphatic hydroxyl groups is 2. The van der Waals surface area contributed by atoms with Gasteiger partial charge in [0.1, 0.15) is 11.9 Å². The molecule has 2 atom stereocenters. The summed E-state index contributed by atoms with van der Waals surface area (Å²) in [6.45, 7) is 1.52. The number of aryl methyl sites for hydroxylation is 1. The Morgan fingerprint density at radius 2 is 1.93 bits per heavy atom.